The molecule has 2 unspecified atom stereocenters. The number of benzene rings is 1. The molecule has 2 N–H and O–H groups in total. The Kier molecular flexibility index (Phi) is 4.68. The monoisotopic (exact) mass is 331 g/mol. The second-order valence-corrected chi connectivity index (χ2v) is 5.82. The number of halogens is 3. The molecule has 0 aliphatic heterocycles. The van der Waals surface area contributed by atoms with E-state index in [0.717, 1.165) is 25.3 Å². The van der Waals surface area contributed by atoms with Crippen LogP contribution >= 0.6 is 15.9 Å². The molecule has 0 aromatic heterocycles. The summed E-state index contributed by atoms with van der Waals surface area (Å²) in [6, 6.07) is 2.38. The summed E-state index contributed by atoms with van der Waals surface area (Å²) >= 11 is 2.99. The lowest BCUT2D eigenvalue weighted by atomic mass is 9.75. The maximum absolute atomic E-state index is 14.0. The van der Waals surface area contributed by atoms with Gasteiger partial charge in [0, 0.05) is 5.92 Å². The average molecular weight is 332 g/mol. The van der Waals surface area contributed by atoms with E-state index in [0.29, 0.717) is 13.0 Å². The minimum Gasteiger partial charge on any atom is -0.330 e. The molecule has 0 spiro atoms. The quantitative estimate of drug-likeness (QED) is 0.678. The maximum Gasteiger partial charge on any atom is 0.172 e. The molecule has 1 aliphatic rings. The second-order valence-electron chi connectivity index (χ2n) is 4.97. The summed E-state index contributed by atoms with van der Waals surface area (Å²) in [5, 5.41) is 0. The van der Waals surface area contributed by atoms with Gasteiger partial charge < -0.3 is 5.73 Å². The van der Waals surface area contributed by atoms with E-state index in [4.69, 9.17) is 5.73 Å². The molecule has 1 fully saturated rings. The van der Waals surface area contributed by atoms with Crippen LogP contribution in [0.5, 0.6) is 0 Å². The van der Waals surface area contributed by atoms with E-state index in [9.17, 15) is 13.6 Å². The molecule has 104 valence electrons. The van der Waals surface area contributed by atoms with Crippen molar-refractivity contribution in [2.45, 2.75) is 25.7 Å². The SMILES string of the molecule is NCC1CCCCC1C(=O)c1c(F)ccc(Br)c1F. The van der Waals surface area contributed by atoms with E-state index in [2.05, 4.69) is 15.9 Å². The van der Waals surface area contributed by atoms with Gasteiger partial charge in [0.25, 0.3) is 0 Å². The van der Waals surface area contributed by atoms with Gasteiger partial charge in [0.2, 0.25) is 0 Å². The van der Waals surface area contributed by atoms with Crippen molar-refractivity contribution in [2.75, 3.05) is 6.54 Å². The summed E-state index contributed by atoms with van der Waals surface area (Å²) in [6.07, 6.45) is 3.44. The van der Waals surface area contributed by atoms with E-state index >= 15 is 0 Å². The Labute approximate surface area is 119 Å². The minimum absolute atomic E-state index is 0.0269. The molecular formula is C14H16BrF2NO. The van der Waals surface area contributed by atoms with Gasteiger partial charge in [-0.2, -0.15) is 0 Å². The molecule has 19 heavy (non-hydrogen) atoms. The van der Waals surface area contributed by atoms with Gasteiger partial charge in [0.1, 0.15) is 5.82 Å². The van der Waals surface area contributed by atoms with Crippen molar-refractivity contribution in [3.63, 3.8) is 0 Å². The third-order valence-corrected chi connectivity index (χ3v) is 4.45. The van der Waals surface area contributed by atoms with Crippen molar-refractivity contribution in [1.29, 1.82) is 0 Å². The van der Waals surface area contributed by atoms with E-state index in [1.807, 2.05) is 0 Å². The molecule has 2 nitrogen and oxygen atoms in total. The predicted molar refractivity (Wildman–Crippen MR) is 72.9 cm³/mol. The Balaban J connectivity index is 2.36. The molecule has 2 atom stereocenters. The zero-order valence-corrected chi connectivity index (χ0v) is 12.1. The smallest absolute Gasteiger partial charge is 0.172 e. The van der Waals surface area contributed by atoms with E-state index in [1.54, 1.807) is 0 Å². The zero-order valence-electron chi connectivity index (χ0n) is 10.5. The summed E-state index contributed by atoms with van der Waals surface area (Å²) in [4.78, 5) is 12.4. The fourth-order valence-electron chi connectivity index (χ4n) is 2.77. The summed E-state index contributed by atoms with van der Waals surface area (Å²) in [6.45, 7) is 0.383. The molecule has 1 aromatic carbocycles. The minimum atomic E-state index is -0.814. The molecule has 0 saturated heterocycles. The molecule has 1 aliphatic carbocycles. The van der Waals surface area contributed by atoms with Gasteiger partial charge in [-0.3, -0.25) is 4.79 Å². The van der Waals surface area contributed by atoms with Gasteiger partial charge in [0.15, 0.2) is 11.6 Å². The van der Waals surface area contributed by atoms with Crippen molar-refractivity contribution in [3.8, 4) is 0 Å². The maximum atomic E-state index is 14.0. The predicted octanol–water partition coefficient (Wildman–Crippen LogP) is 3.68. The van der Waals surface area contributed by atoms with Crippen molar-refractivity contribution in [3.05, 3.63) is 33.8 Å². The van der Waals surface area contributed by atoms with Crippen LogP contribution in [0.15, 0.2) is 16.6 Å². The number of hydrogen-bond donors (Lipinski definition) is 1. The molecule has 1 aromatic rings. The van der Waals surface area contributed by atoms with Crippen LogP contribution in [0.2, 0.25) is 0 Å². The standard InChI is InChI=1S/C14H16BrF2NO/c15-10-5-6-11(16)12(13(10)17)14(19)9-4-2-1-3-8(9)7-18/h5-6,8-9H,1-4,7,18H2. The fourth-order valence-corrected chi connectivity index (χ4v) is 3.10. The first kappa shape index (κ1) is 14.6. The third-order valence-electron chi connectivity index (χ3n) is 3.84. The lowest BCUT2D eigenvalue weighted by Gasteiger charge is -2.29. The fraction of sp³-hybridized carbons (Fsp3) is 0.500. The molecule has 5 heteroatoms. The molecule has 0 amide bonds. The number of carbonyl (C=O) groups excluding carboxylic acids is 1. The summed E-state index contributed by atoms with van der Waals surface area (Å²) in [7, 11) is 0. The first-order chi connectivity index (χ1) is 9.06. The van der Waals surface area contributed by atoms with Crippen LogP contribution in [0, 0.1) is 23.5 Å². The normalized spacial score (nSPS) is 23.4. The van der Waals surface area contributed by atoms with Crippen LogP contribution in [-0.4, -0.2) is 12.3 Å². The van der Waals surface area contributed by atoms with Gasteiger partial charge in [-0.05, 0) is 53.4 Å². The zero-order chi connectivity index (χ0) is 14.0. The number of rotatable bonds is 3. The van der Waals surface area contributed by atoms with Gasteiger partial charge in [-0.25, -0.2) is 8.78 Å². The van der Waals surface area contributed by atoms with Crippen LogP contribution < -0.4 is 5.73 Å². The molecule has 0 radical (unpaired) electrons. The largest absolute Gasteiger partial charge is 0.330 e. The van der Waals surface area contributed by atoms with Crippen molar-refractivity contribution in [1.82, 2.24) is 0 Å². The number of nitrogens with two attached hydrogens (primary N) is 1. The molecule has 2 rings (SSSR count). The highest BCUT2D eigenvalue weighted by Gasteiger charge is 2.33. The van der Waals surface area contributed by atoms with Crippen molar-refractivity contribution < 1.29 is 13.6 Å². The topological polar surface area (TPSA) is 43.1 Å². The summed E-state index contributed by atoms with van der Waals surface area (Å²) in [5.74, 6) is -2.40. The van der Waals surface area contributed by atoms with Gasteiger partial charge in [0.05, 0.1) is 10.0 Å². The van der Waals surface area contributed by atoms with Crippen LogP contribution in [0.1, 0.15) is 36.0 Å². The van der Waals surface area contributed by atoms with Gasteiger partial charge >= 0.3 is 0 Å². The second kappa shape index (κ2) is 6.09. The Bertz CT molecular complexity index is 493. The van der Waals surface area contributed by atoms with E-state index < -0.39 is 23.0 Å². The molecule has 1 saturated carbocycles. The van der Waals surface area contributed by atoms with Crippen LogP contribution in [0.3, 0.4) is 0 Å². The Hall–Kier alpha value is -0.810. The highest BCUT2D eigenvalue weighted by Crippen LogP contribution is 2.34. The Morgan fingerprint density at radius 2 is 2.00 bits per heavy atom. The van der Waals surface area contributed by atoms with E-state index in [-0.39, 0.29) is 16.3 Å². The summed E-state index contributed by atoms with van der Waals surface area (Å²) in [5.41, 5.74) is 5.24. The summed E-state index contributed by atoms with van der Waals surface area (Å²) < 4.78 is 27.8. The van der Waals surface area contributed by atoms with Gasteiger partial charge in [-0.1, -0.05) is 12.8 Å². The molecular weight excluding hydrogens is 316 g/mol. The first-order valence-electron chi connectivity index (χ1n) is 6.44. The third kappa shape index (κ3) is 2.87. The van der Waals surface area contributed by atoms with Crippen LogP contribution in [0.4, 0.5) is 8.78 Å². The van der Waals surface area contributed by atoms with Crippen molar-refractivity contribution in [2.24, 2.45) is 17.6 Å². The molecule has 0 heterocycles. The number of ketones is 1. The highest BCUT2D eigenvalue weighted by molar-refractivity contribution is 9.10. The van der Waals surface area contributed by atoms with Gasteiger partial charge in [-0.15, -0.1) is 0 Å². The number of hydrogen-bond acceptors (Lipinski definition) is 2. The molecule has 0 bridgehead atoms. The first-order valence-corrected chi connectivity index (χ1v) is 7.23. The highest BCUT2D eigenvalue weighted by atomic mass is 79.9. The van der Waals surface area contributed by atoms with Crippen LogP contribution in [0.25, 0.3) is 0 Å². The van der Waals surface area contributed by atoms with E-state index in [1.165, 1.54) is 6.07 Å². The Morgan fingerprint density at radius 3 is 2.68 bits per heavy atom. The number of carbonyl (C=O) groups is 1. The Morgan fingerprint density at radius 1 is 1.32 bits per heavy atom. The number of Topliss-reactive ketones (excluding diaryl/α,β-unsaturated/α-hetero) is 1. The van der Waals surface area contributed by atoms with Crippen molar-refractivity contribution >= 4 is 21.7 Å². The lowest BCUT2D eigenvalue weighted by molar-refractivity contribution is 0.0820. The van der Waals surface area contributed by atoms with Crippen LogP contribution in [-0.2, 0) is 0 Å². The average Bonchev–Trinajstić information content (AvgIpc) is 2.43. The lowest BCUT2D eigenvalue weighted by Crippen LogP contribution is -2.33.